The standard InChI is InChI=1S/C48H84P/c1-5-13-21-29-37-45(38-30-22-14-6-1)49(46-39-31-23-15-7-2-8-16-24-32-40-46,47-41-33-25-17-9-3-10-18-26-34-42-47)48-43-35-27-19-11-4-12-20-28-36-44-48/h37,39,41,43H,1-36,38,40,42,44H2/q+1. The average Bonchev–Trinajstić information content (AvgIpc) is 3.08. The summed E-state index contributed by atoms with van der Waals surface area (Å²) in [7, 11) is -1.78. The van der Waals surface area contributed by atoms with Gasteiger partial charge in [0.15, 0.2) is 0 Å². The number of hydrogen-bond donors (Lipinski definition) is 0. The number of rotatable bonds is 4. The molecule has 0 amide bonds. The van der Waals surface area contributed by atoms with Gasteiger partial charge in [-0.2, -0.15) is 0 Å². The highest BCUT2D eigenvalue weighted by atomic mass is 31.2. The lowest BCUT2D eigenvalue weighted by molar-refractivity contribution is 0.561. The molecule has 4 rings (SSSR count). The highest BCUT2D eigenvalue weighted by Crippen LogP contribution is 2.85. The van der Waals surface area contributed by atoms with E-state index >= 15 is 0 Å². The number of hydrogen-bond acceptors (Lipinski definition) is 0. The van der Waals surface area contributed by atoms with Gasteiger partial charge in [0, 0.05) is 25.7 Å². The van der Waals surface area contributed by atoms with E-state index in [2.05, 4.69) is 24.3 Å². The van der Waals surface area contributed by atoms with Crippen molar-refractivity contribution in [1.82, 2.24) is 0 Å². The Labute approximate surface area is 308 Å². The van der Waals surface area contributed by atoms with Gasteiger partial charge < -0.3 is 0 Å². The molecule has 0 aromatic carbocycles. The second-order valence-electron chi connectivity index (χ2n) is 16.9. The van der Waals surface area contributed by atoms with E-state index in [0.29, 0.717) is 0 Å². The fraction of sp³-hybridized carbons (Fsp3) is 0.833. The van der Waals surface area contributed by atoms with Gasteiger partial charge in [-0.25, -0.2) is 0 Å². The van der Waals surface area contributed by atoms with E-state index in [0.717, 1.165) is 0 Å². The van der Waals surface area contributed by atoms with Crippen LogP contribution < -0.4 is 0 Å². The van der Waals surface area contributed by atoms with Crippen LogP contribution in [-0.2, 0) is 0 Å². The summed E-state index contributed by atoms with van der Waals surface area (Å²) in [4.78, 5) is 0. The third-order valence-corrected chi connectivity index (χ3v) is 17.9. The largest absolute Gasteiger partial charge is 0.126 e. The minimum absolute atomic E-state index is 1.34. The molecule has 0 aromatic rings. The summed E-state index contributed by atoms with van der Waals surface area (Å²) in [5.74, 6) is 0. The van der Waals surface area contributed by atoms with Gasteiger partial charge in [-0.05, 0) is 101 Å². The number of allylic oxidation sites excluding steroid dienone is 8. The lowest BCUT2D eigenvalue weighted by atomic mass is 10.0. The van der Waals surface area contributed by atoms with Gasteiger partial charge in [-0.15, -0.1) is 0 Å². The fourth-order valence-electron chi connectivity index (χ4n) is 9.85. The summed E-state index contributed by atoms with van der Waals surface area (Å²) >= 11 is 0. The summed E-state index contributed by atoms with van der Waals surface area (Å²) < 4.78 is 0. The first-order chi connectivity index (χ1) is 24.4. The molecule has 0 nitrogen and oxygen atoms in total. The van der Waals surface area contributed by atoms with Crippen LogP contribution in [0, 0.1) is 0 Å². The van der Waals surface area contributed by atoms with Gasteiger partial charge in [0.1, 0.15) is 7.26 Å². The molecule has 0 aromatic heterocycles. The summed E-state index contributed by atoms with van der Waals surface area (Å²) in [5, 5.41) is 8.01. The monoisotopic (exact) mass is 692 g/mol. The van der Waals surface area contributed by atoms with Gasteiger partial charge in [0.05, 0.1) is 21.3 Å². The smallest absolute Gasteiger partial charge is 0.0533 e. The molecule has 0 fully saturated rings. The molecule has 49 heavy (non-hydrogen) atoms. The average molecular weight is 692 g/mol. The molecule has 0 aliphatic heterocycles. The van der Waals surface area contributed by atoms with Gasteiger partial charge >= 0.3 is 0 Å². The zero-order valence-electron chi connectivity index (χ0n) is 33.0. The van der Waals surface area contributed by atoms with E-state index in [-0.39, 0.29) is 0 Å². The van der Waals surface area contributed by atoms with Gasteiger partial charge in [-0.1, -0.05) is 154 Å². The van der Waals surface area contributed by atoms with Crippen molar-refractivity contribution in [2.45, 2.75) is 257 Å². The van der Waals surface area contributed by atoms with Crippen molar-refractivity contribution < 1.29 is 0 Å². The quantitative estimate of drug-likeness (QED) is 0.257. The first-order valence-electron chi connectivity index (χ1n) is 23.1. The summed E-state index contributed by atoms with van der Waals surface area (Å²) in [5.41, 5.74) is 0. The second-order valence-corrected chi connectivity index (χ2v) is 20.6. The molecule has 0 N–H and O–H groups in total. The second kappa shape index (κ2) is 27.1. The zero-order chi connectivity index (χ0) is 33.9. The van der Waals surface area contributed by atoms with Crippen LogP contribution in [0.1, 0.15) is 257 Å². The molecule has 280 valence electrons. The van der Waals surface area contributed by atoms with Crippen LogP contribution in [0.4, 0.5) is 0 Å². The first-order valence-corrected chi connectivity index (χ1v) is 24.9. The van der Waals surface area contributed by atoms with Crippen molar-refractivity contribution in [2.24, 2.45) is 0 Å². The molecule has 0 saturated carbocycles. The Balaban J connectivity index is 1.91. The van der Waals surface area contributed by atoms with Crippen LogP contribution in [0.3, 0.4) is 0 Å². The zero-order valence-corrected chi connectivity index (χ0v) is 33.9. The fourth-order valence-corrected chi connectivity index (χ4v) is 15.7. The van der Waals surface area contributed by atoms with Crippen molar-refractivity contribution in [2.75, 3.05) is 0 Å². The molecule has 0 radical (unpaired) electrons. The SMILES string of the molecule is C1=C([P+](C2=CCCCCCCCCCC2)(C2=CCCCCCCCCCC2)C2=CCCCCCCCCCC2)CCCCCCCCCC1. The molecule has 4 aliphatic rings. The van der Waals surface area contributed by atoms with Crippen LogP contribution in [0.5, 0.6) is 0 Å². The molecule has 0 bridgehead atoms. The van der Waals surface area contributed by atoms with E-state index in [1.165, 1.54) is 257 Å². The molecule has 0 saturated heterocycles. The summed E-state index contributed by atoms with van der Waals surface area (Å²) in [6.45, 7) is 0. The molecular formula is C48H84P+. The third-order valence-electron chi connectivity index (χ3n) is 12.8. The van der Waals surface area contributed by atoms with Crippen LogP contribution in [0.15, 0.2) is 45.6 Å². The Hall–Kier alpha value is -0.610. The van der Waals surface area contributed by atoms with Gasteiger partial charge in [0.2, 0.25) is 0 Å². The van der Waals surface area contributed by atoms with Crippen LogP contribution >= 0.6 is 7.26 Å². The van der Waals surface area contributed by atoms with E-state index in [1.807, 2.05) is 21.3 Å². The van der Waals surface area contributed by atoms with Crippen molar-refractivity contribution in [3.63, 3.8) is 0 Å². The Morgan fingerprint density at radius 1 is 0.204 bits per heavy atom. The van der Waals surface area contributed by atoms with Crippen molar-refractivity contribution in [3.05, 3.63) is 45.6 Å². The molecule has 0 heterocycles. The van der Waals surface area contributed by atoms with E-state index in [9.17, 15) is 0 Å². The molecule has 1 heteroatoms. The predicted molar refractivity (Wildman–Crippen MR) is 224 cm³/mol. The lowest BCUT2D eigenvalue weighted by Gasteiger charge is -2.36. The predicted octanol–water partition coefficient (Wildman–Crippen LogP) is 18.2. The van der Waals surface area contributed by atoms with Crippen LogP contribution in [-0.4, -0.2) is 0 Å². The molecule has 0 unspecified atom stereocenters. The maximum atomic E-state index is 2.96. The van der Waals surface area contributed by atoms with Crippen molar-refractivity contribution in [1.29, 1.82) is 0 Å². The first kappa shape index (κ1) is 41.2. The van der Waals surface area contributed by atoms with Crippen LogP contribution in [0.25, 0.3) is 0 Å². The molecule has 4 aliphatic carbocycles. The highest BCUT2D eigenvalue weighted by Gasteiger charge is 2.52. The van der Waals surface area contributed by atoms with Crippen molar-refractivity contribution >= 4 is 7.26 Å². The molecule has 0 atom stereocenters. The minimum Gasteiger partial charge on any atom is -0.0533 e. The Bertz CT molecular complexity index is 804. The maximum Gasteiger partial charge on any atom is 0.126 e. The summed E-state index contributed by atoms with van der Waals surface area (Å²) in [6.07, 6.45) is 69.2. The Kier molecular flexibility index (Phi) is 22.7. The van der Waals surface area contributed by atoms with E-state index in [1.54, 1.807) is 0 Å². The third kappa shape index (κ3) is 15.5. The molecule has 0 spiro atoms. The minimum atomic E-state index is -1.78. The summed E-state index contributed by atoms with van der Waals surface area (Å²) in [6, 6.07) is 0. The van der Waals surface area contributed by atoms with Crippen molar-refractivity contribution in [3.8, 4) is 0 Å². The maximum absolute atomic E-state index is 2.96. The topological polar surface area (TPSA) is 0 Å². The Morgan fingerprint density at radius 2 is 0.367 bits per heavy atom. The van der Waals surface area contributed by atoms with Gasteiger partial charge in [-0.3, -0.25) is 0 Å². The highest BCUT2D eigenvalue weighted by molar-refractivity contribution is 7.90. The Morgan fingerprint density at radius 3 is 0.571 bits per heavy atom. The normalized spacial score (nSPS) is 25.8. The van der Waals surface area contributed by atoms with Crippen LogP contribution in [0.2, 0.25) is 0 Å². The van der Waals surface area contributed by atoms with E-state index < -0.39 is 7.26 Å². The van der Waals surface area contributed by atoms with E-state index in [4.69, 9.17) is 0 Å². The lowest BCUT2D eigenvalue weighted by Crippen LogP contribution is -2.11. The molecular weight excluding hydrogens is 608 g/mol. The van der Waals surface area contributed by atoms with Gasteiger partial charge in [0.25, 0.3) is 0 Å².